The molecule has 0 fully saturated rings. The van der Waals surface area contributed by atoms with Crippen molar-refractivity contribution in [3.05, 3.63) is 94.6 Å². The van der Waals surface area contributed by atoms with Crippen molar-refractivity contribution in [1.82, 2.24) is 4.90 Å². The molecule has 0 radical (unpaired) electrons. The fourth-order valence-corrected chi connectivity index (χ4v) is 3.75. The quantitative estimate of drug-likeness (QED) is 0.528. The fraction of sp³-hybridized carbons (Fsp3) is 0.120. The molecule has 0 atom stereocenters. The lowest BCUT2D eigenvalue weighted by molar-refractivity contribution is -0.137. The summed E-state index contributed by atoms with van der Waals surface area (Å²) in [5.74, 6) is 0.322. The van der Waals surface area contributed by atoms with Crippen LogP contribution in [0.15, 0.2) is 78.5 Å². The van der Waals surface area contributed by atoms with Crippen molar-refractivity contribution in [2.24, 2.45) is 0 Å². The second-order valence-electron chi connectivity index (χ2n) is 7.09. The van der Waals surface area contributed by atoms with Gasteiger partial charge in [-0.15, -0.1) is 0 Å². The smallest absolute Gasteiger partial charge is 0.278 e. The van der Waals surface area contributed by atoms with Crippen LogP contribution in [-0.4, -0.2) is 30.9 Å². The molecule has 0 unspecified atom stereocenters. The summed E-state index contributed by atoms with van der Waals surface area (Å²) < 4.78 is 10.7. The van der Waals surface area contributed by atoms with Crippen LogP contribution in [0.25, 0.3) is 5.57 Å². The average Bonchev–Trinajstić information content (AvgIpc) is 3.05. The number of imide groups is 1. The molecule has 1 heterocycles. The maximum absolute atomic E-state index is 13.5. The largest absolute Gasteiger partial charge is 0.497 e. The third-order valence-corrected chi connectivity index (χ3v) is 5.56. The second-order valence-corrected chi connectivity index (χ2v) is 7.50. The van der Waals surface area contributed by atoms with Gasteiger partial charge < -0.3 is 14.8 Å². The molecule has 1 aliphatic rings. The minimum atomic E-state index is -0.438. The molecule has 0 saturated carbocycles. The number of hydrogen-bond donors (Lipinski definition) is 1. The molecule has 6 nitrogen and oxygen atoms in total. The number of hydrogen-bond acceptors (Lipinski definition) is 5. The molecule has 0 saturated heterocycles. The van der Waals surface area contributed by atoms with Crippen LogP contribution in [0.2, 0.25) is 5.02 Å². The Morgan fingerprint density at radius 3 is 2.22 bits per heavy atom. The number of rotatable bonds is 7. The van der Waals surface area contributed by atoms with Gasteiger partial charge in [-0.25, -0.2) is 0 Å². The highest BCUT2D eigenvalue weighted by atomic mass is 35.5. The number of nitrogens with one attached hydrogen (secondary N) is 1. The number of halogens is 1. The lowest BCUT2D eigenvalue weighted by atomic mass is 10.0. The van der Waals surface area contributed by atoms with E-state index in [9.17, 15) is 9.59 Å². The Morgan fingerprint density at radius 1 is 0.844 bits per heavy atom. The number of nitrogens with zero attached hydrogens (tertiary/aromatic N) is 1. The van der Waals surface area contributed by atoms with E-state index in [1.165, 1.54) is 12.0 Å². The molecule has 32 heavy (non-hydrogen) atoms. The number of benzene rings is 3. The molecule has 3 aromatic carbocycles. The van der Waals surface area contributed by atoms with E-state index in [1.54, 1.807) is 67.8 Å². The van der Waals surface area contributed by atoms with Gasteiger partial charge in [0.25, 0.3) is 11.8 Å². The molecule has 2 amide bonds. The van der Waals surface area contributed by atoms with Crippen LogP contribution >= 0.6 is 11.6 Å². The third kappa shape index (κ3) is 4.05. The van der Waals surface area contributed by atoms with Gasteiger partial charge in [-0.1, -0.05) is 48.0 Å². The van der Waals surface area contributed by atoms with E-state index in [0.717, 1.165) is 0 Å². The molecule has 4 rings (SSSR count). The summed E-state index contributed by atoms with van der Waals surface area (Å²) in [5.41, 5.74) is 2.29. The summed E-state index contributed by atoms with van der Waals surface area (Å²) >= 11 is 6.28. The van der Waals surface area contributed by atoms with Crippen molar-refractivity contribution in [2.75, 3.05) is 19.5 Å². The molecule has 0 bridgehead atoms. The van der Waals surface area contributed by atoms with Gasteiger partial charge in [0.2, 0.25) is 0 Å². The Balaban J connectivity index is 1.77. The van der Waals surface area contributed by atoms with Gasteiger partial charge in [-0.3, -0.25) is 14.5 Å². The SMILES string of the molecule is COc1ccc(NC2=C(c3ccccc3OC)C(=O)N(Cc3ccccc3Cl)C2=O)cc1. The number of carbonyl (C=O) groups excluding carboxylic acids is 2. The van der Waals surface area contributed by atoms with E-state index >= 15 is 0 Å². The predicted molar refractivity (Wildman–Crippen MR) is 124 cm³/mol. The van der Waals surface area contributed by atoms with Crippen LogP contribution in [0.1, 0.15) is 11.1 Å². The highest BCUT2D eigenvalue weighted by Crippen LogP contribution is 2.36. The summed E-state index contributed by atoms with van der Waals surface area (Å²) in [5, 5.41) is 3.62. The molecule has 0 spiro atoms. The molecule has 162 valence electrons. The second kappa shape index (κ2) is 9.16. The van der Waals surface area contributed by atoms with Gasteiger partial charge >= 0.3 is 0 Å². The lowest BCUT2D eigenvalue weighted by Crippen LogP contribution is -2.32. The van der Waals surface area contributed by atoms with E-state index in [0.29, 0.717) is 33.3 Å². The molecular weight excluding hydrogens is 428 g/mol. The normalized spacial score (nSPS) is 13.5. The predicted octanol–water partition coefficient (Wildman–Crippen LogP) is 4.75. The maximum Gasteiger partial charge on any atom is 0.278 e. The number of anilines is 1. The fourth-order valence-electron chi connectivity index (χ4n) is 3.55. The Labute approximate surface area is 191 Å². The van der Waals surface area contributed by atoms with Gasteiger partial charge in [-0.2, -0.15) is 0 Å². The molecule has 1 N–H and O–H groups in total. The number of ether oxygens (including phenoxy) is 2. The van der Waals surface area contributed by atoms with Gasteiger partial charge in [0.1, 0.15) is 17.2 Å². The van der Waals surface area contributed by atoms with Crippen molar-refractivity contribution >= 4 is 34.7 Å². The molecule has 7 heteroatoms. The van der Waals surface area contributed by atoms with Crippen LogP contribution in [0, 0.1) is 0 Å². The molecule has 1 aliphatic heterocycles. The molecule has 0 aromatic heterocycles. The van der Waals surface area contributed by atoms with Crippen LogP contribution in [0.4, 0.5) is 5.69 Å². The van der Waals surface area contributed by atoms with Crippen molar-refractivity contribution in [1.29, 1.82) is 0 Å². The van der Waals surface area contributed by atoms with Crippen molar-refractivity contribution in [3.8, 4) is 11.5 Å². The number of carbonyl (C=O) groups is 2. The minimum Gasteiger partial charge on any atom is -0.497 e. The first-order valence-electron chi connectivity index (χ1n) is 9.92. The zero-order valence-electron chi connectivity index (χ0n) is 17.6. The van der Waals surface area contributed by atoms with Gasteiger partial charge in [0.05, 0.1) is 26.3 Å². The van der Waals surface area contributed by atoms with E-state index in [2.05, 4.69) is 5.32 Å². The van der Waals surface area contributed by atoms with Crippen molar-refractivity contribution in [2.45, 2.75) is 6.54 Å². The first-order valence-corrected chi connectivity index (χ1v) is 10.3. The van der Waals surface area contributed by atoms with Crippen molar-refractivity contribution in [3.63, 3.8) is 0 Å². The summed E-state index contributed by atoms with van der Waals surface area (Å²) in [7, 11) is 3.11. The standard InChI is InChI=1S/C25H21ClN2O4/c1-31-18-13-11-17(12-14-18)27-23-22(19-8-4-6-10-21(19)32-2)24(29)28(25(23)30)15-16-7-3-5-9-20(16)26/h3-14,27H,15H2,1-2H3. The van der Waals surface area contributed by atoms with E-state index < -0.39 is 11.8 Å². The Morgan fingerprint density at radius 2 is 1.53 bits per heavy atom. The minimum absolute atomic E-state index is 0.0593. The van der Waals surface area contributed by atoms with Gasteiger partial charge in [0.15, 0.2) is 0 Å². The molecular formula is C25H21ClN2O4. The molecule has 0 aliphatic carbocycles. The van der Waals surface area contributed by atoms with E-state index in [1.807, 2.05) is 12.1 Å². The zero-order valence-corrected chi connectivity index (χ0v) is 18.3. The van der Waals surface area contributed by atoms with Crippen LogP contribution in [-0.2, 0) is 16.1 Å². The van der Waals surface area contributed by atoms with Gasteiger partial charge in [0, 0.05) is 16.3 Å². The summed E-state index contributed by atoms with van der Waals surface area (Å²) in [6.45, 7) is 0.0593. The summed E-state index contributed by atoms with van der Waals surface area (Å²) in [6, 6.07) is 21.4. The third-order valence-electron chi connectivity index (χ3n) is 5.19. The summed E-state index contributed by atoms with van der Waals surface area (Å²) in [6.07, 6.45) is 0. The monoisotopic (exact) mass is 448 g/mol. The van der Waals surface area contributed by atoms with Crippen LogP contribution < -0.4 is 14.8 Å². The van der Waals surface area contributed by atoms with Crippen LogP contribution in [0.3, 0.4) is 0 Å². The van der Waals surface area contributed by atoms with Gasteiger partial charge in [-0.05, 0) is 42.0 Å². The van der Waals surface area contributed by atoms with Crippen molar-refractivity contribution < 1.29 is 19.1 Å². The maximum atomic E-state index is 13.5. The first kappa shape index (κ1) is 21.5. The Kier molecular flexibility index (Phi) is 6.14. The first-order chi connectivity index (χ1) is 15.5. The highest BCUT2D eigenvalue weighted by molar-refractivity contribution is 6.37. The number of amides is 2. The Hall–Kier alpha value is -3.77. The average molecular weight is 449 g/mol. The van der Waals surface area contributed by atoms with E-state index in [4.69, 9.17) is 21.1 Å². The van der Waals surface area contributed by atoms with Crippen LogP contribution in [0.5, 0.6) is 11.5 Å². The zero-order chi connectivity index (χ0) is 22.7. The highest BCUT2D eigenvalue weighted by Gasteiger charge is 2.40. The summed E-state index contributed by atoms with van der Waals surface area (Å²) in [4.78, 5) is 28.1. The Bertz CT molecular complexity index is 1200. The molecule has 3 aromatic rings. The lowest BCUT2D eigenvalue weighted by Gasteiger charge is -2.16. The van der Waals surface area contributed by atoms with E-state index in [-0.39, 0.29) is 17.8 Å². The number of methoxy groups -OCH3 is 2. The topological polar surface area (TPSA) is 67.9 Å². The number of para-hydroxylation sites is 1.